The molecule has 0 spiro atoms. The smallest absolute Gasteiger partial charge is 0.299 e. The van der Waals surface area contributed by atoms with Crippen molar-refractivity contribution in [1.29, 1.82) is 0 Å². The van der Waals surface area contributed by atoms with Crippen LogP contribution in [0.3, 0.4) is 0 Å². The van der Waals surface area contributed by atoms with Gasteiger partial charge in [-0.25, -0.2) is 0 Å². The fourth-order valence-electron chi connectivity index (χ4n) is 2.97. The molecule has 1 N–H and O–H groups in total. The third-order valence-electron chi connectivity index (χ3n) is 4.23. The first kappa shape index (κ1) is 17.6. The van der Waals surface area contributed by atoms with E-state index >= 15 is 0 Å². The van der Waals surface area contributed by atoms with Crippen LogP contribution in [0.15, 0.2) is 30.3 Å². The molecule has 0 radical (unpaired) electrons. The summed E-state index contributed by atoms with van der Waals surface area (Å²) in [7, 11) is 0. The van der Waals surface area contributed by atoms with E-state index in [9.17, 15) is 20.2 Å². The third-order valence-corrected chi connectivity index (χ3v) is 5.46. The van der Waals surface area contributed by atoms with Gasteiger partial charge < -0.3 is 9.80 Å². The molecule has 1 saturated heterocycles. The Bertz CT molecular complexity index is 805. The van der Waals surface area contributed by atoms with Gasteiger partial charge in [-0.1, -0.05) is 11.6 Å². The first-order valence-corrected chi connectivity index (χ1v) is 8.89. The molecule has 3 rings (SSSR count). The molecular weight excluding hydrogens is 368 g/mol. The highest BCUT2D eigenvalue weighted by molar-refractivity contribution is 7.16. The van der Waals surface area contributed by atoms with E-state index in [1.807, 2.05) is 17.0 Å². The fourth-order valence-corrected chi connectivity index (χ4v) is 4.13. The van der Waals surface area contributed by atoms with E-state index in [-0.39, 0.29) is 11.4 Å². The zero-order valence-corrected chi connectivity index (χ0v) is 14.8. The Morgan fingerprint density at radius 3 is 2.40 bits per heavy atom. The van der Waals surface area contributed by atoms with Gasteiger partial charge >= 0.3 is 0 Å². The molecule has 0 atom stereocenters. The molecule has 1 aromatic carbocycles. The van der Waals surface area contributed by atoms with Crippen LogP contribution in [0.25, 0.3) is 0 Å². The van der Waals surface area contributed by atoms with Crippen LogP contribution in [-0.2, 0) is 6.54 Å². The van der Waals surface area contributed by atoms with E-state index in [2.05, 4.69) is 0 Å². The van der Waals surface area contributed by atoms with Crippen LogP contribution < -0.4 is 9.80 Å². The summed E-state index contributed by atoms with van der Waals surface area (Å²) in [6, 6.07) is 7.72. The van der Waals surface area contributed by atoms with E-state index in [0.717, 1.165) is 30.0 Å². The second kappa shape index (κ2) is 7.34. The third kappa shape index (κ3) is 4.06. The van der Waals surface area contributed by atoms with Gasteiger partial charge in [0.25, 0.3) is 11.4 Å². The minimum absolute atomic E-state index is 0.220. The number of benzene rings is 1. The predicted molar refractivity (Wildman–Crippen MR) is 95.7 cm³/mol. The van der Waals surface area contributed by atoms with E-state index in [1.54, 1.807) is 11.3 Å². The minimum atomic E-state index is -0.620. The number of hydrogen-bond donors (Lipinski definition) is 1. The molecule has 1 fully saturated rings. The summed E-state index contributed by atoms with van der Waals surface area (Å²) in [6.45, 7) is 3.88. The Hall–Kier alpha value is -2.23. The molecule has 1 aliphatic rings. The summed E-state index contributed by atoms with van der Waals surface area (Å²) in [5.74, 6) is 0. The van der Waals surface area contributed by atoms with Crippen molar-refractivity contribution in [2.24, 2.45) is 0 Å². The summed E-state index contributed by atoms with van der Waals surface area (Å²) in [5, 5.41) is 22.1. The number of hydrogen-bond acceptors (Lipinski definition) is 6. The van der Waals surface area contributed by atoms with Crippen LogP contribution in [0.2, 0.25) is 4.34 Å². The monoisotopic (exact) mass is 383 g/mol. The van der Waals surface area contributed by atoms with E-state index in [4.69, 9.17) is 11.6 Å². The highest BCUT2D eigenvalue weighted by Crippen LogP contribution is 2.32. The number of halogens is 1. The maximum Gasteiger partial charge on any atom is 0.299 e. The zero-order chi connectivity index (χ0) is 18.0. The molecule has 2 heterocycles. The quantitative estimate of drug-likeness (QED) is 0.630. The van der Waals surface area contributed by atoms with Crippen LogP contribution in [0, 0.1) is 20.2 Å². The van der Waals surface area contributed by atoms with Gasteiger partial charge in [-0.2, -0.15) is 0 Å². The van der Waals surface area contributed by atoms with Crippen molar-refractivity contribution >= 4 is 40.0 Å². The number of non-ortho nitro benzene ring substituents is 1. The highest BCUT2D eigenvalue weighted by Gasteiger charge is 2.27. The Morgan fingerprint density at radius 1 is 1.12 bits per heavy atom. The number of quaternary nitrogens is 1. The molecular formula is C15H16ClN4O4S+. The van der Waals surface area contributed by atoms with Crippen molar-refractivity contribution in [2.75, 3.05) is 31.1 Å². The Balaban J connectivity index is 1.70. The highest BCUT2D eigenvalue weighted by atomic mass is 35.5. The summed E-state index contributed by atoms with van der Waals surface area (Å²) >= 11 is 7.52. The Kier molecular flexibility index (Phi) is 5.16. The van der Waals surface area contributed by atoms with Crippen molar-refractivity contribution in [3.8, 4) is 0 Å². The van der Waals surface area contributed by atoms with Gasteiger partial charge in [0.2, 0.25) is 0 Å². The number of thiophene rings is 1. The molecule has 0 amide bonds. The first-order valence-electron chi connectivity index (χ1n) is 7.69. The van der Waals surface area contributed by atoms with Gasteiger partial charge in [-0.3, -0.25) is 20.2 Å². The number of nitrogens with zero attached hydrogens (tertiary/aromatic N) is 3. The number of piperazine rings is 1. The normalized spacial score (nSPS) is 15.3. The number of nitrogens with one attached hydrogen (secondary N) is 1. The van der Waals surface area contributed by atoms with Gasteiger partial charge in [-0.05, 0) is 18.2 Å². The van der Waals surface area contributed by atoms with Crippen molar-refractivity contribution in [2.45, 2.75) is 6.54 Å². The van der Waals surface area contributed by atoms with Crippen molar-refractivity contribution < 1.29 is 14.7 Å². The molecule has 0 saturated carbocycles. The number of anilines is 1. The largest absolute Gasteiger partial charge is 0.355 e. The molecule has 10 heteroatoms. The first-order chi connectivity index (χ1) is 11.9. The molecule has 0 unspecified atom stereocenters. The summed E-state index contributed by atoms with van der Waals surface area (Å²) in [6.07, 6.45) is 0. The van der Waals surface area contributed by atoms with Crippen molar-refractivity contribution in [3.63, 3.8) is 0 Å². The molecule has 2 aromatic rings. The lowest BCUT2D eigenvalue weighted by Gasteiger charge is -2.33. The SMILES string of the molecule is O=[N+]([O-])c1ccc(N2CC[NH+](Cc3ccc(Cl)s3)CC2)c([N+](=O)[O-])c1. The van der Waals surface area contributed by atoms with Gasteiger partial charge in [0, 0.05) is 6.07 Å². The standard InChI is InChI=1S/C15H15ClN4O4S/c16-15-4-2-12(25-15)10-17-5-7-18(8-6-17)13-3-1-11(19(21)22)9-14(13)20(23)24/h1-4,9H,5-8,10H2/p+1. The molecule has 25 heavy (non-hydrogen) atoms. The van der Waals surface area contributed by atoms with Crippen molar-refractivity contribution in [1.82, 2.24) is 0 Å². The molecule has 1 aromatic heterocycles. The van der Waals surface area contributed by atoms with Crippen LogP contribution in [0.4, 0.5) is 17.1 Å². The van der Waals surface area contributed by atoms with Crippen LogP contribution in [0.5, 0.6) is 0 Å². The minimum Gasteiger partial charge on any atom is -0.355 e. The second-order valence-corrected chi connectivity index (χ2v) is 7.61. The van der Waals surface area contributed by atoms with Crippen molar-refractivity contribution in [3.05, 3.63) is 59.8 Å². The maximum absolute atomic E-state index is 11.3. The average Bonchev–Trinajstić information content (AvgIpc) is 3.00. The Labute approximate surface area is 152 Å². The summed E-state index contributed by atoms with van der Waals surface area (Å²) in [4.78, 5) is 25.5. The van der Waals surface area contributed by atoms with E-state index in [1.165, 1.54) is 21.9 Å². The lowest BCUT2D eigenvalue weighted by Crippen LogP contribution is -3.13. The second-order valence-electron chi connectivity index (χ2n) is 5.81. The van der Waals surface area contributed by atoms with Crippen LogP contribution in [-0.4, -0.2) is 36.0 Å². The Morgan fingerprint density at radius 2 is 1.84 bits per heavy atom. The number of nitro groups is 2. The molecule has 0 aliphatic carbocycles. The van der Waals surface area contributed by atoms with E-state index < -0.39 is 9.85 Å². The van der Waals surface area contributed by atoms with Gasteiger partial charge in [0.1, 0.15) is 12.2 Å². The van der Waals surface area contributed by atoms with Crippen LogP contribution in [0.1, 0.15) is 4.88 Å². The fraction of sp³-hybridized carbons (Fsp3) is 0.333. The summed E-state index contributed by atoms with van der Waals surface area (Å²) in [5.41, 5.74) is -0.0502. The molecule has 0 bridgehead atoms. The van der Waals surface area contributed by atoms with E-state index in [0.29, 0.717) is 18.8 Å². The van der Waals surface area contributed by atoms with Gasteiger partial charge in [0.15, 0.2) is 0 Å². The molecule has 8 nitrogen and oxygen atoms in total. The van der Waals surface area contributed by atoms with Gasteiger partial charge in [0.05, 0.1) is 51.3 Å². The predicted octanol–water partition coefficient (Wildman–Crippen LogP) is 2.12. The topological polar surface area (TPSA) is 94.0 Å². The number of nitro benzene ring substituents is 2. The molecule has 132 valence electrons. The maximum atomic E-state index is 11.3. The van der Waals surface area contributed by atoms with Gasteiger partial charge in [-0.15, -0.1) is 11.3 Å². The lowest BCUT2D eigenvalue weighted by atomic mass is 10.2. The average molecular weight is 384 g/mol. The summed E-state index contributed by atoms with van der Waals surface area (Å²) < 4.78 is 0.773. The lowest BCUT2D eigenvalue weighted by molar-refractivity contribution is -0.914. The van der Waals surface area contributed by atoms with Crippen LogP contribution >= 0.6 is 22.9 Å². The number of rotatable bonds is 5. The molecule has 1 aliphatic heterocycles. The zero-order valence-electron chi connectivity index (χ0n) is 13.2.